The second kappa shape index (κ2) is 17.4. The number of fused-ring (bicyclic) bond motifs is 2. The van der Waals surface area contributed by atoms with Crippen LogP contribution in [0.5, 0.6) is 11.5 Å². The van der Waals surface area contributed by atoms with Crippen LogP contribution in [-0.4, -0.2) is 39.1 Å². The highest BCUT2D eigenvalue weighted by molar-refractivity contribution is 8.04. The predicted molar refractivity (Wildman–Crippen MR) is 197 cm³/mol. The van der Waals surface area contributed by atoms with Crippen LogP contribution in [0.3, 0.4) is 0 Å². The third kappa shape index (κ3) is 9.65. The molecule has 2 aliphatic rings. The second-order valence-electron chi connectivity index (χ2n) is 13.8. The van der Waals surface area contributed by atoms with Crippen LogP contribution in [0.2, 0.25) is 0 Å². The third-order valence-electron chi connectivity index (χ3n) is 10.4. The molecule has 0 heterocycles. The van der Waals surface area contributed by atoms with E-state index in [0.717, 1.165) is 29.8 Å². The Hall–Kier alpha value is -1.74. The first kappa shape index (κ1) is 34.6. The minimum atomic E-state index is -0.262. The van der Waals surface area contributed by atoms with E-state index in [4.69, 9.17) is 14.2 Å². The first-order chi connectivity index (χ1) is 22.0. The molecule has 3 nitrogen and oxygen atoms in total. The minimum absolute atomic E-state index is 0.0456. The standard InChI is InChI=1S/C40H57O3PS/c1-6-10-30(7-2)32-17-20-37(21-18-32)41-23-24-42-39(26-29-13-14-31-11-8-9-12-33(31)25-29)43-38-22-19-34-27-36(16-15-35(34)28-38)40(45-5)44(3)4/h15-22,27-31,33,39-40H,6-14,23-26H2,1-5H3. The van der Waals surface area contributed by atoms with Gasteiger partial charge in [-0.25, -0.2) is 0 Å². The molecule has 6 atom stereocenters. The summed E-state index contributed by atoms with van der Waals surface area (Å²) in [5.74, 6) is 4.98. The van der Waals surface area contributed by atoms with Crippen molar-refractivity contribution in [3.63, 3.8) is 0 Å². The molecular weight excluding hydrogens is 591 g/mol. The predicted octanol–water partition coefficient (Wildman–Crippen LogP) is 12.0. The van der Waals surface area contributed by atoms with Gasteiger partial charge in [0.2, 0.25) is 0 Å². The van der Waals surface area contributed by atoms with E-state index in [9.17, 15) is 0 Å². The van der Waals surface area contributed by atoms with Gasteiger partial charge in [-0.1, -0.05) is 84.2 Å². The molecule has 0 bridgehead atoms. The van der Waals surface area contributed by atoms with E-state index in [1.807, 2.05) is 11.8 Å². The van der Waals surface area contributed by atoms with Crippen molar-refractivity contribution in [2.75, 3.05) is 32.8 Å². The average molecular weight is 649 g/mol. The van der Waals surface area contributed by atoms with Crippen molar-refractivity contribution >= 4 is 30.5 Å². The molecule has 0 spiro atoms. The fourth-order valence-corrected chi connectivity index (χ4v) is 10.9. The monoisotopic (exact) mass is 648 g/mol. The summed E-state index contributed by atoms with van der Waals surface area (Å²) >= 11 is 1.96. The summed E-state index contributed by atoms with van der Waals surface area (Å²) < 4.78 is 19.3. The van der Waals surface area contributed by atoms with Gasteiger partial charge in [-0.2, -0.15) is 11.8 Å². The van der Waals surface area contributed by atoms with Gasteiger partial charge in [0, 0.05) is 11.4 Å². The number of thioether (sulfide) groups is 1. The van der Waals surface area contributed by atoms with Gasteiger partial charge in [0.1, 0.15) is 18.1 Å². The largest absolute Gasteiger partial charge is 0.491 e. The molecule has 5 heteroatoms. The van der Waals surface area contributed by atoms with Crippen molar-refractivity contribution in [1.82, 2.24) is 0 Å². The van der Waals surface area contributed by atoms with E-state index in [-0.39, 0.29) is 14.2 Å². The summed E-state index contributed by atoms with van der Waals surface area (Å²) in [5.41, 5.74) is 2.85. The van der Waals surface area contributed by atoms with E-state index in [0.29, 0.717) is 30.0 Å². The molecular formula is C40H57O3PS. The van der Waals surface area contributed by atoms with Gasteiger partial charge in [-0.3, -0.25) is 0 Å². The van der Waals surface area contributed by atoms with Crippen LogP contribution in [0.15, 0.2) is 60.7 Å². The van der Waals surface area contributed by atoms with Crippen molar-refractivity contribution in [2.24, 2.45) is 17.8 Å². The zero-order valence-electron chi connectivity index (χ0n) is 28.5. The summed E-state index contributed by atoms with van der Waals surface area (Å²) in [5, 5.41) is 2.51. The minimum Gasteiger partial charge on any atom is -0.491 e. The SMILES string of the molecule is CCCC(CC)c1ccc(OCCOC(CC2CCC3CCCCC3C2)Oc2ccc3cc(C(SC)P(C)C)ccc3c2)cc1. The van der Waals surface area contributed by atoms with E-state index in [1.165, 1.54) is 86.1 Å². The zero-order chi connectivity index (χ0) is 31.6. The van der Waals surface area contributed by atoms with Crippen molar-refractivity contribution in [3.8, 4) is 11.5 Å². The maximum Gasteiger partial charge on any atom is 0.200 e. The number of hydrogen-bond acceptors (Lipinski definition) is 4. The lowest BCUT2D eigenvalue weighted by molar-refractivity contribution is -0.103. The van der Waals surface area contributed by atoms with Crippen LogP contribution in [-0.2, 0) is 4.74 Å². The number of hydrogen-bond donors (Lipinski definition) is 0. The highest BCUT2D eigenvalue weighted by Crippen LogP contribution is 2.51. The number of rotatable bonds is 16. The lowest BCUT2D eigenvalue weighted by Gasteiger charge is -2.40. The van der Waals surface area contributed by atoms with Crippen LogP contribution in [0.1, 0.15) is 107 Å². The highest BCUT2D eigenvalue weighted by atomic mass is 32.2. The Morgan fingerprint density at radius 1 is 0.800 bits per heavy atom. The molecule has 45 heavy (non-hydrogen) atoms. The molecule has 3 aromatic carbocycles. The maximum absolute atomic E-state index is 6.65. The maximum atomic E-state index is 6.65. The fourth-order valence-electron chi connectivity index (χ4n) is 8.00. The van der Waals surface area contributed by atoms with Gasteiger partial charge in [0.25, 0.3) is 0 Å². The Kier molecular flexibility index (Phi) is 13.4. The molecule has 3 aromatic rings. The van der Waals surface area contributed by atoms with E-state index in [2.05, 4.69) is 94.1 Å². The Morgan fingerprint density at radius 2 is 1.51 bits per heavy atom. The first-order valence-corrected chi connectivity index (χ1v) is 21.3. The molecule has 5 rings (SSSR count). The molecule has 0 saturated heterocycles. The molecule has 246 valence electrons. The number of benzene rings is 3. The molecule has 6 unspecified atom stereocenters. The first-order valence-electron chi connectivity index (χ1n) is 17.7. The van der Waals surface area contributed by atoms with Gasteiger partial charge in [0.05, 0.1) is 6.61 Å². The van der Waals surface area contributed by atoms with Crippen LogP contribution in [0.4, 0.5) is 0 Å². The van der Waals surface area contributed by atoms with Crippen LogP contribution in [0.25, 0.3) is 10.8 Å². The van der Waals surface area contributed by atoms with Gasteiger partial charge >= 0.3 is 0 Å². The normalized spacial score (nSPS) is 22.1. The summed E-state index contributed by atoms with van der Waals surface area (Å²) in [6.07, 6.45) is 16.3. The molecule has 2 fully saturated rings. The van der Waals surface area contributed by atoms with Crippen molar-refractivity contribution < 1.29 is 14.2 Å². The molecule has 0 aliphatic heterocycles. The topological polar surface area (TPSA) is 27.7 Å². The molecule has 2 aliphatic carbocycles. The summed E-state index contributed by atoms with van der Waals surface area (Å²) in [6.45, 7) is 10.3. The average Bonchev–Trinajstić information content (AvgIpc) is 3.06. The van der Waals surface area contributed by atoms with E-state index in [1.54, 1.807) is 0 Å². The molecule has 0 aromatic heterocycles. The Morgan fingerprint density at radius 3 is 2.24 bits per heavy atom. The van der Waals surface area contributed by atoms with Crippen molar-refractivity contribution in [3.05, 3.63) is 71.8 Å². The fraction of sp³-hybridized carbons (Fsp3) is 0.600. The summed E-state index contributed by atoms with van der Waals surface area (Å²) in [6, 6.07) is 22.2. The number of ether oxygens (including phenoxy) is 3. The van der Waals surface area contributed by atoms with Crippen LogP contribution in [0, 0.1) is 17.8 Å². The van der Waals surface area contributed by atoms with Gasteiger partial charge < -0.3 is 14.2 Å². The Bertz CT molecular complexity index is 1310. The molecule has 0 radical (unpaired) electrons. The summed E-state index contributed by atoms with van der Waals surface area (Å²) in [4.78, 5) is 0.576. The Labute approximate surface area is 279 Å². The van der Waals surface area contributed by atoms with Gasteiger partial charge in [-0.05, 0) is 128 Å². The lowest BCUT2D eigenvalue weighted by Crippen LogP contribution is -2.32. The summed E-state index contributed by atoms with van der Waals surface area (Å²) in [7, 11) is -0.0456. The smallest absolute Gasteiger partial charge is 0.200 e. The van der Waals surface area contributed by atoms with Crippen molar-refractivity contribution in [1.29, 1.82) is 0 Å². The molecule has 0 N–H and O–H groups in total. The van der Waals surface area contributed by atoms with Gasteiger partial charge in [0.15, 0.2) is 6.29 Å². The van der Waals surface area contributed by atoms with E-state index >= 15 is 0 Å². The quantitative estimate of drug-likeness (QED) is 0.0877. The van der Waals surface area contributed by atoms with Crippen molar-refractivity contribution in [2.45, 2.75) is 102 Å². The Balaban J connectivity index is 1.22. The molecule has 0 amide bonds. The van der Waals surface area contributed by atoms with Crippen LogP contribution < -0.4 is 9.47 Å². The second-order valence-corrected chi connectivity index (χ2v) is 17.5. The van der Waals surface area contributed by atoms with Gasteiger partial charge in [-0.15, -0.1) is 0 Å². The molecule has 2 saturated carbocycles. The highest BCUT2D eigenvalue weighted by Gasteiger charge is 2.33. The third-order valence-corrected chi connectivity index (χ3v) is 14.2. The lowest BCUT2D eigenvalue weighted by atomic mass is 9.67. The zero-order valence-corrected chi connectivity index (χ0v) is 30.2. The van der Waals surface area contributed by atoms with E-state index < -0.39 is 0 Å². The van der Waals surface area contributed by atoms with Crippen LogP contribution >= 0.6 is 19.7 Å².